The molecule has 0 spiro atoms. The molecule has 0 fully saturated rings. The predicted molar refractivity (Wildman–Crippen MR) is 69.1 cm³/mol. The molecular formula is C14H18N2O2. The summed E-state index contributed by atoms with van der Waals surface area (Å²) in [7, 11) is 0. The Morgan fingerprint density at radius 1 is 1.33 bits per heavy atom. The van der Waals surface area contributed by atoms with Gasteiger partial charge in [-0.25, -0.2) is 0 Å². The maximum atomic E-state index is 11.0. The molecule has 1 atom stereocenters. The van der Waals surface area contributed by atoms with Crippen LogP contribution in [0.3, 0.4) is 0 Å². The van der Waals surface area contributed by atoms with Gasteiger partial charge in [0.1, 0.15) is 5.76 Å². The normalized spacial score (nSPS) is 12.7. The van der Waals surface area contributed by atoms with Crippen molar-refractivity contribution in [1.82, 2.24) is 9.72 Å². The van der Waals surface area contributed by atoms with Crippen molar-refractivity contribution in [3.8, 4) is 0 Å². The first-order valence-corrected chi connectivity index (χ1v) is 6.03. The molecule has 0 aromatic carbocycles. The standard InChI is InChI=1S/C14H18N2O2/c1-8-6-13(7-17)10(3)16(8)11(4)14-9(2)15-18-12(14)5/h6-7,11H,1-5H3. The molecule has 4 nitrogen and oxygen atoms in total. The van der Waals surface area contributed by atoms with Gasteiger partial charge in [-0.05, 0) is 40.7 Å². The van der Waals surface area contributed by atoms with Crippen LogP contribution in [0, 0.1) is 27.7 Å². The summed E-state index contributed by atoms with van der Waals surface area (Å²) >= 11 is 0. The third-order valence-corrected chi connectivity index (χ3v) is 3.54. The molecular weight excluding hydrogens is 228 g/mol. The van der Waals surface area contributed by atoms with Crippen molar-refractivity contribution in [2.75, 3.05) is 0 Å². The molecule has 0 radical (unpaired) electrons. The van der Waals surface area contributed by atoms with Crippen LogP contribution in [0.5, 0.6) is 0 Å². The van der Waals surface area contributed by atoms with Crippen LogP contribution in [0.4, 0.5) is 0 Å². The molecule has 18 heavy (non-hydrogen) atoms. The van der Waals surface area contributed by atoms with E-state index < -0.39 is 0 Å². The summed E-state index contributed by atoms with van der Waals surface area (Å²) in [6.45, 7) is 9.93. The highest BCUT2D eigenvalue weighted by Gasteiger charge is 2.21. The lowest BCUT2D eigenvalue weighted by atomic mass is 10.1. The Balaban J connectivity index is 2.56. The van der Waals surface area contributed by atoms with Crippen molar-refractivity contribution >= 4 is 6.29 Å². The zero-order valence-corrected chi connectivity index (χ0v) is 11.4. The van der Waals surface area contributed by atoms with Crippen LogP contribution in [-0.2, 0) is 0 Å². The van der Waals surface area contributed by atoms with Gasteiger partial charge in [-0.2, -0.15) is 0 Å². The molecule has 0 N–H and O–H groups in total. The molecule has 0 saturated carbocycles. The highest BCUT2D eigenvalue weighted by molar-refractivity contribution is 5.77. The average molecular weight is 246 g/mol. The van der Waals surface area contributed by atoms with Crippen molar-refractivity contribution in [1.29, 1.82) is 0 Å². The molecule has 2 aromatic heterocycles. The summed E-state index contributed by atoms with van der Waals surface area (Å²) in [6, 6.07) is 2.03. The third-order valence-electron chi connectivity index (χ3n) is 3.54. The van der Waals surface area contributed by atoms with Crippen LogP contribution < -0.4 is 0 Å². The average Bonchev–Trinajstić information content (AvgIpc) is 2.79. The van der Waals surface area contributed by atoms with Gasteiger partial charge in [0.05, 0.1) is 11.7 Å². The van der Waals surface area contributed by atoms with E-state index in [4.69, 9.17) is 4.52 Å². The number of carbonyl (C=O) groups excluding carboxylic acids is 1. The van der Waals surface area contributed by atoms with Crippen molar-refractivity contribution < 1.29 is 9.32 Å². The van der Waals surface area contributed by atoms with E-state index in [1.54, 1.807) is 0 Å². The van der Waals surface area contributed by atoms with E-state index >= 15 is 0 Å². The second-order valence-corrected chi connectivity index (χ2v) is 4.73. The smallest absolute Gasteiger partial charge is 0.151 e. The van der Waals surface area contributed by atoms with Gasteiger partial charge in [0.15, 0.2) is 6.29 Å². The number of aromatic nitrogens is 2. The fraction of sp³-hybridized carbons (Fsp3) is 0.429. The van der Waals surface area contributed by atoms with E-state index in [0.717, 1.165) is 40.3 Å². The topological polar surface area (TPSA) is 48.0 Å². The fourth-order valence-corrected chi connectivity index (χ4v) is 2.73. The number of aryl methyl sites for hydroxylation is 3. The van der Waals surface area contributed by atoms with Crippen molar-refractivity contribution in [2.45, 2.75) is 40.7 Å². The zero-order chi connectivity index (χ0) is 13.4. The maximum absolute atomic E-state index is 11.0. The summed E-state index contributed by atoms with van der Waals surface area (Å²) < 4.78 is 7.37. The lowest BCUT2D eigenvalue weighted by Gasteiger charge is -2.18. The largest absolute Gasteiger partial charge is 0.361 e. The van der Waals surface area contributed by atoms with E-state index in [0.29, 0.717) is 0 Å². The fourth-order valence-electron chi connectivity index (χ4n) is 2.73. The van der Waals surface area contributed by atoms with E-state index in [1.807, 2.05) is 33.8 Å². The van der Waals surface area contributed by atoms with Gasteiger partial charge in [0, 0.05) is 22.5 Å². The molecule has 0 saturated heterocycles. The summed E-state index contributed by atoms with van der Waals surface area (Å²) in [5.74, 6) is 0.833. The Kier molecular flexibility index (Phi) is 3.11. The third kappa shape index (κ3) is 1.78. The van der Waals surface area contributed by atoms with Crippen LogP contribution in [0.25, 0.3) is 0 Å². The Morgan fingerprint density at radius 3 is 2.44 bits per heavy atom. The molecule has 0 aliphatic heterocycles. The van der Waals surface area contributed by atoms with E-state index in [1.165, 1.54) is 0 Å². The van der Waals surface area contributed by atoms with Crippen LogP contribution in [-0.4, -0.2) is 16.0 Å². The van der Waals surface area contributed by atoms with Crippen LogP contribution >= 0.6 is 0 Å². The number of hydrogen-bond donors (Lipinski definition) is 0. The van der Waals surface area contributed by atoms with Crippen LogP contribution in [0.1, 0.15) is 51.7 Å². The molecule has 4 heteroatoms. The highest BCUT2D eigenvalue weighted by Crippen LogP contribution is 2.28. The highest BCUT2D eigenvalue weighted by atomic mass is 16.5. The Bertz CT molecular complexity index is 574. The van der Waals surface area contributed by atoms with Gasteiger partial charge >= 0.3 is 0 Å². The number of nitrogens with zero attached hydrogens (tertiary/aromatic N) is 2. The first-order valence-electron chi connectivity index (χ1n) is 6.03. The molecule has 2 rings (SSSR count). The Hall–Kier alpha value is -1.84. The first-order chi connectivity index (χ1) is 8.47. The SMILES string of the molecule is Cc1noc(C)c1C(C)n1c(C)cc(C=O)c1C. The Labute approximate surface area is 107 Å². The van der Waals surface area contributed by atoms with Crippen LogP contribution in [0.2, 0.25) is 0 Å². The van der Waals surface area contributed by atoms with Gasteiger partial charge in [0.2, 0.25) is 0 Å². The van der Waals surface area contributed by atoms with E-state index in [9.17, 15) is 4.79 Å². The number of carbonyl (C=O) groups is 1. The molecule has 1 unspecified atom stereocenters. The molecule has 96 valence electrons. The molecule has 0 aliphatic rings. The van der Waals surface area contributed by atoms with E-state index in [-0.39, 0.29) is 6.04 Å². The number of hydrogen-bond acceptors (Lipinski definition) is 3. The summed E-state index contributed by atoms with van der Waals surface area (Å²) in [4.78, 5) is 11.0. The van der Waals surface area contributed by atoms with E-state index in [2.05, 4.69) is 16.6 Å². The second kappa shape index (κ2) is 4.44. The number of aldehydes is 1. The second-order valence-electron chi connectivity index (χ2n) is 4.73. The molecule has 0 amide bonds. The van der Waals surface area contributed by atoms with Crippen molar-refractivity contribution in [3.05, 3.63) is 40.0 Å². The lowest BCUT2D eigenvalue weighted by Crippen LogP contribution is -2.11. The molecule has 2 heterocycles. The number of rotatable bonds is 3. The summed E-state index contributed by atoms with van der Waals surface area (Å²) in [6.07, 6.45) is 0.902. The van der Waals surface area contributed by atoms with Gasteiger partial charge < -0.3 is 9.09 Å². The minimum absolute atomic E-state index is 0.116. The van der Waals surface area contributed by atoms with Gasteiger partial charge in [-0.15, -0.1) is 0 Å². The molecule has 0 aliphatic carbocycles. The minimum atomic E-state index is 0.116. The van der Waals surface area contributed by atoms with Gasteiger partial charge in [0.25, 0.3) is 0 Å². The maximum Gasteiger partial charge on any atom is 0.151 e. The van der Waals surface area contributed by atoms with Gasteiger partial charge in [-0.3, -0.25) is 4.79 Å². The Morgan fingerprint density at radius 2 is 2.00 bits per heavy atom. The first kappa shape index (κ1) is 12.6. The quantitative estimate of drug-likeness (QED) is 0.782. The molecule has 2 aromatic rings. The van der Waals surface area contributed by atoms with Crippen LogP contribution in [0.15, 0.2) is 10.6 Å². The van der Waals surface area contributed by atoms with Gasteiger partial charge in [-0.1, -0.05) is 5.16 Å². The minimum Gasteiger partial charge on any atom is -0.361 e. The predicted octanol–water partition coefficient (Wildman–Crippen LogP) is 3.13. The molecule has 0 bridgehead atoms. The zero-order valence-electron chi connectivity index (χ0n) is 11.4. The van der Waals surface area contributed by atoms with Crippen molar-refractivity contribution in [2.24, 2.45) is 0 Å². The lowest BCUT2D eigenvalue weighted by molar-refractivity contribution is 0.112. The van der Waals surface area contributed by atoms with Crippen molar-refractivity contribution in [3.63, 3.8) is 0 Å². The summed E-state index contributed by atoms with van der Waals surface area (Å²) in [5.41, 5.74) is 4.79. The monoisotopic (exact) mass is 246 g/mol. The summed E-state index contributed by atoms with van der Waals surface area (Å²) in [5, 5.41) is 3.99.